The number of alkyl halides is 6. The van der Waals surface area contributed by atoms with Crippen LogP contribution in [0.4, 0.5) is 30.7 Å². The summed E-state index contributed by atoms with van der Waals surface area (Å²) in [6.45, 7) is -1.40. The molecule has 4 aromatic rings. The molecule has 2 atom stereocenters. The molecule has 3 aromatic heterocycles. The van der Waals surface area contributed by atoms with Gasteiger partial charge in [-0.25, -0.2) is 9.37 Å². The van der Waals surface area contributed by atoms with Gasteiger partial charge in [-0.3, -0.25) is 9.30 Å². The predicted octanol–water partition coefficient (Wildman–Crippen LogP) is 4.66. The molecular weight excluding hydrogens is 509 g/mol. The molecule has 4 heterocycles. The predicted molar refractivity (Wildman–Crippen MR) is 118 cm³/mol. The minimum atomic E-state index is -4.66. The molecule has 2 unspecified atom stereocenters. The Kier molecular flexibility index (Phi) is 6.18. The van der Waals surface area contributed by atoms with Crippen molar-refractivity contribution in [2.45, 2.75) is 30.9 Å². The molecule has 1 saturated heterocycles. The lowest BCUT2D eigenvalue weighted by molar-refractivity contribution is -0.183. The summed E-state index contributed by atoms with van der Waals surface area (Å²) in [7, 11) is 0. The third-order valence-electron chi connectivity index (χ3n) is 6.04. The van der Waals surface area contributed by atoms with Crippen molar-refractivity contribution >= 4 is 16.6 Å². The van der Waals surface area contributed by atoms with Crippen LogP contribution in [0, 0.1) is 5.82 Å². The third kappa shape index (κ3) is 5.16. The van der Waals surface area contributed by atoms with Crippen molar-refractivity contribution in [1.82, 2.24) is 24.5 Å². The van der Waals surface area contributed by atoms with E-state index >= 15 is 0 Å². The molecule has 7 nitrogen and oxygen atoms in total. The largest absolute Gasteiger partial charge is 0.481 e. The van der Waals surface area contributed by atoms with Crippen LogP contribution >= 0.6 is 0 Å². The van der Waals surface area contributed by atoms with E-state index in [0.29, 0.717) is 6.42 Å². The Morgan fingerprint density at radius 1 is 1.05 bits per heavy atom. The molecule has 5 rings (SSSR count). The molecule has 1 fully saturated rings. The zero-order valence-electron chi connectivity index (χ0n) is 18.9. The highest BCUT2D eigenvalue weighted by Gasteiger charge is 2.46. The van der Waals surface area contributed by atoms with Gasteiger partial charge in [-0.15, -0.1) is 10.2 Å². The van der Waals surface area contributed by atoms with Gasteiger partial charge in [-0.2, -0.15) is 26.3 Å². The van der Waals surface area contributed by atoms with E-state index in [2.05, 4.69) is 19.9 Å². The van der Waals surface area contributed by atoms with Crippen LogP contribution in [0.25, 0.3) is 28.1 Å². The molecule has 14 heteroatoms. The summed E-state index contributed by atoms with van der Waals surface area (Å²) in [4.78, 5) is 5.60. The van der Waals surface area contributed by atoms with Gasteiger partial charge >= 0.3 is 12.4 Å². The van der Waals surface area contributed by atoms with Crippen LogP contribution in [0.3, 0.4) is 0 Å². The van der Waals surface area contributed by atoms with Crippen LogP contribution in [0.5, 0.6) is 5.75 Å². The summed E-state index contributed by atoms with van der Waals surface area (Å²) in [5.74, 6) is -1.54. The Hall–Kier alpha value is -3.52. The van der Waals surface area contributed by atoms with Gasteiger partial charge in [0.15, 0.2) is 29.6 Å². The van der Waals surface area contributed by atoms with E-state index in [1.807, 2.05) is 0 Å². The second-order valence-corrected chi connectivity index (χ2v) is 8.78. The smallest absolute Gasteiger partial charge is 0.422 e. The quantitative estimate of drug-likeness (QED) is 0.380. The van der Waals surface area contributed by atoms with Crippen molar-refractivity contribution in [1.29, 1.82) is 0 Å². The summed E-state index contributed by atoms with van der Waals surface area (Å²) in [5, 5.41) is 8.29. The minimum Gasteiger partial charge on any atom is -0.481 e. The van der Waals surface area contributed by atoms with E-state index in [4.69, 9.17) is 5.73 Å². The molecule has 0 amide bonds. The SMILES string of the molecule is NC1CCN(C(c2ccc3nnc(-c4ccc5cc(F)c(OCC(F)(F)F)cc5n4)n3c2)C(F)(F)F)C1. The fourth-order valence-corrected chi connectivity index (χ4v) is 4.42. The fraction of sp³-hybridized carbons (Fsp3) is 0.348. The second-order valence-electron chi connectivity index (χ2n) is 8.78. The van der Waals surface area contributed by atoms with Crippen molar-refractivity contribution in [2.24, 2.45) is 5.73 Å². The Morgan fingerprint density at radius 3 is 2.51 bits per heavy atom. The molecule has 0 saturated carbocycles. The number of nitrogens with zero attached hydrogens (tertiary/aromatic N) is 5. The van der Waals surface area contributed by atoms with E-state index in [1.54, 1.807) is 0 Å². The number of halogens is 7. The van der Waals surface area contributed by atoms with Crippen molar-refractivity contribution < 1.29 is 35.5 Å². The van der Waals surface area contributed by atoms with Crippen molar-refractivity contribution in [3.8, 4) is 17.3 Å². The Morgan fingerprint density at radius 2 is 1.84 bits per heavy atom. The first-order chi connectivity index (χ1) is 17.4. The monoisotopic (exact) mass is 528 g/mol. The average Bonchev–Trinajstić information content (AvgIpc) is 3.42. The highest BCUT2D eigenvalue weighted by atomic mass is 19.4. The number of pyridine rings is 2. The lowest BCUT2D eigenvalue weighted by atomic mass is 10.1. The first kappa shape index (κ1) is 25.1. The van der Waals surface area contributed by atoms with Gasteiger partial charge in [0.05, 0.1) is 5.52 Å². The lowest BCUT2D eigenvalue weighted by Gasteiger charge is -2.30. The van der Waals surface area contributed by atoms with Gasteiger partial charge in [0.2, 0.25) is 0 Å². The molecular formula is C23H19F7N6O. The molecule has 196 valence electrons. The molecule has 1 aromatic carbocycles. The maximum Gasteiger partial charge on any atom is 0.422 e. The highest BCUT2D eigenvalue weighted by Crippen LogP contribution is 2.39. The van der Waals surface area contributed by atoms with E-state index in [1.165, 1.54) is 39.8 Å². The molecule has 2 N–H and O–H groups in total. The summed E-state index contributed by atoms with van der Waals surface area (Å²) in [6.07, 6.45) is -7.50. The number of benzene rings is 1. The van der Waals surface area contributed by atoms with E-state index < -0.39 is 36.6 Å². The van der Waals surface area contributed by atoms with Gasteiger partial charge in [0.1, 0.15) is 11.7 Å². The summed E-state index contributed by atoms with van der Waals surface area (Å²) in [5.41, 5.74) is 6.31. The molecule has 1 aliphatic rings. The summed E-state index contributed by atoms with van der Waals surface area (Å²) in [6, 6.07) is 5.41. The van der Waals surface area contributed by atoms with Gasteiger partial charge in [0.25, 0.3) is 0 Å². The number of likely N-dealkylation sites (tertiary alicyclic amines) is 1. The van der Waals surface area contributed by atoms with Crippen molar-refractivity contribution in [2.75, 3.05) is 19.7 Å². The topological polar surface area (TPSA) is 81.6 Å². The zero-order valence-corrected chi connectivity index (χ0v) is 18.9. The number of aromatic nitrogens is 4. The number of hydrogen-bond acceptors (Lipinski definition) is 6. The van der Waals surface area contributed by atoms with Crippen LogP contribution in [-0.4, -0.2) is 62.6 Å². The lowest BCUT2D eigenvalue weighted by Crippen LogP contribution is -2.38. The summed E-state index contributed by atoms with van der Waals surface area (Å²) < 4.78 is 99.8. The van der Waals surface area contributed by atoms with Gasteiger partial charge in [-0.05, 0) is 30.2 Å². The first-order valence-electron chi connectivity index (χ1n) is 11.1. The maximum absolute atomic E-state index is 14.2. The van der Waals surface area contributed by atoms with Gasteiger partial charge in [-0.1, -0.05) is 12.1 Å². The number of fused-ring (bicyclic) bond motifs is 2. The van der Waals surface area contributed by atoms with Crippen LogP contribution in [0.15, 0.2) is 42.6 Å². The van der Waals surface area contributed by atoms with Crippen LogP contribution < -0.4 is 10.5 Å². The maximum atomic E-state index is 14.2. The van der Waals surface area contributed by atoms with Crippen LogP contribution in [-0.2, 0) is 0 Å². The molecule has 37 heavy (non-hydrogen) atoms. The normalized spacial score (nSPS) is 18.1. The van der Waals surface area contributed by atoms with E-state index in [0.717, 1.165) is 12.1 Å². The van der Waals surface area contributed by atoms with Gasteiger partial charge in [0, 0.05) is 36.8 Å². The Labute approximate surface area is 204 Å². The number of ether oxygens (including phenoxy) is 1. The standard InChI is InChI=1S/C23H19F7N6O/c24-15-7-12-1-3-16(32-17(12)8-18(15)37-11-22(25,26)27)21-34-33-19-4-2-13(9-36(19)21)20(23(28,29)30)35-6-5-14(31)10-35/h1-4,7-9,14,20H,5-6,10-11,31H2. The first-order valence-corrected chi connectivity index (χ1v) is 11.1. The molecule has 1 aliphatic heterocycles. The van der Waals surface area contributed by atoms with Crippen LogP contribution in [0.2, 0.25) is 0 Å². The van der Waals surface area contributed by atoms with Crippen LogP contribution in [0.1, 0.15) is 18.0 Å². The Balaban J connectivity index is 1.54. The number of hydrogen-bond donors (Lipinski definition) is 1. The third-order valence-corrected chi connectivity index (χ3v) is 6.04. The fourth-order valence-electron chi connectivity index (χ4n) is 4.42. The minimum absolute atomic E-state index is 0.0409. The molecule has 0 bridgehead atoms. The zero-order chi connectivity index (χ0) is 26.5. The average molecular weight is 528 g/mol. The second kappa shape index (κ2) is 9.10. The van der Waals surface area contributed by atoms with Crippen molar-refractivity contribution in [3.63, 3.8) is 0 Å². The highest BCUT2D eigenvalue weighted by molar-refractivity contribution is 5.82. The summed E-state index contributed by atoms with van der Waals surface area (Å²) >= 11 is 0. The molecule has 0 spiro atoms. The Bertz CT molecular complexity index is 1450. The van der Waals surface area contributed by atoms with E-state index in [9.17, 15) is 30.7 Å². The molecule has 0 radical (unpaired) electrons. The molecule has 0 aliphatic carbocycles. The van der Waals surface area contributed by atoms with E-state index in [-0.39, 0.29) is 52.8 Å². The van der Waals surface area contributed by atoms with Crippen molar-refractivity contribution in [3.05, 3.63) is 54.0 Å². The van der Waals surface area contributed by atoms with Gasteiger partial charge < -0.3 is 10.5 Å². The number of nitrogens with two attached hydrogens (primary N) is 1. The number of rotatable bonds is 5.